The zero-order valence-corrected chi connectivity index (χ0v) is 8.96. The molecule has 0 spiro atoms. The van der Waals surface area contributed by atoms with Crippen molar-refractivity contribution in [2.75, 3.05) is 0 Å². The maximum atomic E-state index is 12.9. The summed E-state index contributed by atoms with van der Waals surface area (Å²) >= 11 is 0. The van der Waals surface area contributed by atoms with Crippen molar-refractivity contribution in [3.05, 3.63) is 32.9 Å². The Bertz CT molecular complexity index is 490. The Labute approximate surface area is 90.9 Å². The van der Waals surface area contributed by atoms with Crippen LogP contribution in [0, 0.1) is 5.82 Å². The molecule has 0 aliphatic carbocycles. The number of nitrogens with one attached hydrogen (secondary N) is 1. The molecule has 88 valence electrons. The third kappa shape index (κ3) is 2.88. The molecule has 1 rings (SSSR count). The number of carbonyl (C=O) groups excluding carboxylic acids is 1. The van der Waals surface area contributed by atoms with Crippen molar-refractivity contribution in [1.82, 2.24) is 9.55 Å². The van der Waals surface area contributed by atoms with Gasteiger partial charge in [-0.1, -0.05) is 19.8 Å². The van der Waals surface area contributed by atoms with E-state index in [1.54, 1.807) is 4.98 Å². The number of nitrogens with zero attached hydrogens (tertiary/aromatic N) is 1. The number of halogens is 1. The second kappa shape index (κ2) is 5.39. The second-order valence-corrected chi connectivity index (χ2v) is 3.46. The van der Waals surface area contributed by atoms with E-state index in [1.165, 1.54) is 0 Å². The van der Waals surface area contributed by atoms with E-state index in [0.717, 1.165) is 12.8 Å². The van der Waals surface area contributed by atoms with E-state index in [1.807, 2.05) is 6.92 Å². The van der Waals surface area contributed by atoms with Crippen molar-refractivity contribution >= 4 is 5.91 Å². The molecule has 0 amide bonds. The van der Waals surface area contributed by atoms with Crippen molar-refractivity contribution in [3.8, 4) is 0 Å². The van der Waals surface area contributed by atoms with Gasteiger partial charge in [-0.15, -0.1) is 0 Å². The quantitative estimate of drug-likeness (QED) is 0.778. The minimum absolute atomic E-state index is 0.166. The Kier molecular flexibility index (Phi) is 4.16. The summed E-state index contributed by atoms with van der Waals surface area (Å²) in [6.45, 7) is 1.98. The first-order chi connectivity index (χ1) is 7.56. The van der Waals surface area contributed by atoms with Gasteiger partial charge in [-0.05, 0) is 6.42 Å². The lowest BCUT2D eigenvalue weighted by molar-refractivity contribution is 0.0891. The Morgan fingerprint density at radius 2 is 2.12 bits per heavy atom. The van der Waals surface area contributed by atoms with Gasteiger partial charge in [0.2, 0.25) is 11.7 Å². The fourth-order valence-electron chi connectivity index (χ4n) is 1.28. The molecule has 6 heteroatoms. The van der Waals surface area contributed by atoms with E-state index < -0.39 is 23.0 Å². The summed E-state index contributed by atoms with van der Waals surface area (Å²) in [6.07, 6.45) is 3.26. The molecular weight excluding hydrogens is 215 g/mol. The molecule has 0 saturated heterocycles. The predicted molar refractivity (Wildman–Crippen MR) is 56.0 cm³/mol. The fourth-order valence-corrected chi connectivity index (χ4v) is 1.28. The number of rotatable bonds is 4. The van der Waals surface area contributed by atoms with Gasteiger partial charge in [-0.2, -0.15) is 4.39 Å². The Balaban J connectivity index is 2.88. The highest BCUT2D eigenvalue weighted by Gasteiger charge is 2.10. The summed E-state index contributed by atoms with van der Waals surface area (Å²) in [5.41, 5.74) is -2.00. The number of unbranched alkanes of at least 4 members (excludes halogenated alkanes) is 2. The van der Waals surface area contributed by atoms with E-state index in [2.05, 4.69) is 0 Å². The van der Waals surface area contributed by atoms with Crippen LogP contribution >= 0.6 is 0 Å². The third-order valence-electron chi connectivity index (χ3n) is 2.16. The van der Waals surface area contributed by atoms with E-state index in [-0.39, 0.29) is 6.42 Å². The van der Waals surface area contributed by atoms with Crippen LogP contribution in [0.3, 0.4) is 0 Å². The molecule has 0 fully saturated rings. The van der Waals surface area contributed by atoms with Crippen LogP contribution in [0.15, 0.2) is 15.8 Å². The lowest BCUT2D eigenvalue weighted by Gasteiger charge is -2.02. The van der Waals surface area contributed by atoms with Gasteiger partial charge in [0.1, 0.15) is 0 Å². The minimum atomic E-state index is -1.14. The van der Waals surface area contributed by atoms with Crippen LogP contribution < -0.4 is 11.2 Å². The third-order valence-corrected chi connectivity index (χ3v) is 2.16. The molecule has 0 unspecified atom stereocenters. The van der Waals surface area contributed by atoms with Gasteiger partial charge >= 0.3 is 5.69 Å². The van der Waals surface area contributed by atoms with Gasteiger partial charge < -0.3 is 0 Å². The summed E-state index contributed by atoms with van der Waals surface area (Å²) in [5, 5.41) is 0. The highest BCUT2D eigenvalue weighted by atomic mass is 19.1. The molecule has 1 heterocycles. The second-order valence-electron chi connectivity index (χ2n) is 3.46. The summed E-state index contributed by atoms with van der Waals surface area (Å²) < 4.78 is 13.5. The van der Waals surface area contributed by atoms with Gasteiger partial charge in [0.05, 0.1) is 6.20 Å². The smallest absolute Gasteiger partial charge is 0.274 e. The average Bonchev–Trinajstić information content (AvgIpc) is 2.23. The average molecular weight is 228 g/mol. The van der Waals surface area contributed by atoms with E-state index in [9.17, 15) is 18.8 Å². The number of aromatic nitrogens is 2. The first-order valence-electron chi connectivity index (χ1n) is 5.11. The molecule has 0 bridgehead atoms. The SMILES string of the molecule is CCCCCC(=O)n1cc(F)c(=O)[nH]c1=O. The predicted octanol–water partition coefficient (Wildman–Crippen LogP) is 0.896. The normalized spacial score (nSPS) is 10.4. The lowest BCUT2D eigenvalue weighted by Crippen LogP contribution is -2.34. The van der Waals surface area contributed by atoms with Gasteiger partial charge in [0.15, 0.2) is 0 Å². The number of hydrogen-bond acceptors (Lipinski definition) is 3. The Morgan fingerprint density at radius 3 is 2.75 bits per heavy atom. The van der Waals surface area contributed by atoms with Crippen LogP contribution in [0.1, 0.15) is 37.4 Å². The van der Waals surface area contributed by atoms with Crippen molar-refractivity contribution in [2.45, 2.75) is 32.6 Å². The van der Waals surface area contributed by atoms with Crippen LogP contribution in [0.2, 0.25) is 0 Å². The van der Waals surface area contributed by atoms with Crippen LogP contribution in [0.4, 0.5) is 4.39 Å². The standard InChI is InChI=1S/C10H13FN2O3/c1-2-3-4-5-8(14)13-6-7(11)9(15)12-10(13)16/h6H,2-5H2,1H3,(H,12,15,16). The molecule has 0 radical (unpaired) electrons. The van der Waals surface area contributed by atoms with E-state index in [4.69, 9.17) is 0 Å². The number of aromatic amines is 1. The molecule has 0 aliphatic heterocycles. The zero-order valence-electron chi connectivity index (χ0n) is 8.96. The number of hydrogen-bond donors (Lipinski definition) is 1. The molecule has 1 aromatic rings. The molecule has 0 aliphatic rings. The van der Waals surface area contributed by atoms with E-state index in [0.29, 0.717) is 17.2 Å². The summed E-state index contributed by atoms with van der Waals surface area (Å²) in [7, 11) is 0. The molecule has 0 saturated carbocycles. The molecule has 0 atom stereocenters. The largest absolute Gasteiger partial charge is 0.335 e. The maximum absolute atomic E-state index is 12.9. The highest BCUT2D eigenvalue weighted by molar-refractivity contribution is 5.78. The monoisotopic (exact) mass is 228 g/mol. The summed E-state index contributed by atoms with van der Waals surface area (Å²) in [4.78, 5) is 35.1. The van der Waals surface area contributed by atoms with Crippen molar-refractivity contribution in [1.29, 1.82) is 0 Å². The van der Waals surface area contributed by atoms with Gasteiger partial charge in [0.25, 0.3) is 5.56 Å². The molecular formula is C10H13FN2O3. The first kappa shape index (κ1) is 12.4. The summed E-state index contributed by atoms with van der Waals surface area (Å²) in [5.74, 6) is -1.64. The van der Waals surface area contributed by atoms with Crippen LogP contribution in [0.25, 0.3) is 0 Å². The molecule has 16 heavy (non-hydrogen) atoms. The van der Waals surface area contributed by atoms with Gasteiger partial charge in [-0.25, -0.2) is 9.36 Å². The molecule has 0 aromatic carbocycles. The van der Waals surface area contributed by atoms with Crippen LogP contribution in [-0.2, 0) is 0 Å². The van der Waals surface area contributed by atoms with E-state index >= 15 is 0 Å². The van der Waals surface area contributed by atoms with Crippen LogP contribution in [0.5, 0.6) is 0 Å². The lowest BCUT2D eigenvalue weighted by atomic mass is 10.2. The van der Waals surface area contributed by atoms with Crippen molar-refractivity contribution < 1.29 is 9.18 Å². The molecule has 5 nitrogen and oxygen atoms in total. The number of carbonyl (C=O) groups is 1. The Morgan fingerprint density at radius 1 is 1.44 bits per heavy atom. The number of H-pyrrole nitrogens is 1. The summed E-state index contributed by atoms with van der Waals surface area (Å²) in [6, 6.07) is 0. The van der Waals surface area contributed by atoms with Gasteiger partial charge in [0, 0.05) is 6.42 Å². The van der Waals surface area contributed by atoms with Crippen LogP contribution in [-0.4, -0.2) is 15.5 Å². The molecule has 1 aromatic heterocycles. The Hall–Kier alpha value is -1.72. The van der Waals surface area contributed by atoms with Crippen molar-refractivity contribution in [3.63, 3.8) is 0 Å². The van der Waals surface area contributed by atoms with Crippen molar-refractivity contribution in [2.24, 2.45) is 0 Å². The minimum Gasteiger partial charge on any atom is -0.274 e. The molecule has 1 N–H and O–H groups in total. The zero-order chi connectivity index (χ0) is 12.1. The topological polar surface area (TPSA) is 71.9 Å². The highest BCUT2D eigenvalue weighted by Crippen LogP contribution is 2.00. The maximum Gasteiger partial charge on any atom is 0.335 e. The first-order valence-corrected chi connectivity index (χ1v) is 5.11. The fraction of sp³-hybridized carbons (Fsp3) is 0.500. The van der Waals surface area contributed by atoms with Gasteiger partial charge in [-0.3, -0.25) is 14.6 Å².